The van der Waals surface area contributed by atoms with Gasteiger partial charge in [-0.3, -0.25) is 4.90 Å². The average Bonchev–Trinajstić information content (AvgIpc) is 2.31. The van der Waals surface area contributed by atoms with Crippen molar-refractivity contribution in [2.75, 3.05) is 32.6 Å². The summed E-state index contributed by atoms with van der Waals surface area (Å²) in [7, 11) is 1.66. The van der Waals surface area contributed by atoms with Crippen molar-refractivity contribution in [3.8, 4) is 5.75 Å². The number of morpholine rings is 1. The molecule has 2 rings (SSSR count). The Hall–Kier alpha value is -1.26. The van der Waals surface area contributed by atoms with Crippen LogP contribution in [0.25, 0.3) is 0 Å². The lowest BCUT2D eigenvalue weighted by Gasteiger charge is -2.42. The standard InChI is InChI=1S/C14H22N2O2/c1-14(2)10-18-5-4-16(14)9-11-6-12(15)8-13(7-11)17-3/h6-8H,4-5,9-10,15H2,1-3H3. The van der Waals surface area contributed by atoms with Gasteiger partial charge < -0.3 is 15.2 Å². The Morgan fingerprint density at radius 1 is 1.39 bits per heavy atom. The monoisotopic (exact) mass is 250 g/mol. The second kappa shape index (κ2) is 5.16. The zero-order chi connectivity index (χ0) is 13.2. The number of hydrogen-bond donors (Lipinski definition) is 1. The minimum atomic E-state index is 0.0656. The van der Waals surface area contributed by atoms with Gasteiger partial charge >= 0.3 is 0 Å². The number of benzene rings is 1. The van der Waals surface area contributed by atoms with Gasteiger partial charge in [-0.15, -0.1) is 0 Å². The summed E-state index contributed by atoms with van der Waals surface area (Å²) in [6.07, 6.45) is 0. The molecule has 100 valence electrons. The molecule has 0 aliphatic carbocycles. The lowest BCUT2D eigenvalue weighted by Crippen LogP contribution is -2.52. The van der Waals surface area contributed by atoms with Crippen LogP contribution in [-0.2, 0) is 11.3 Å². The summed E-state index contributed by atoms with van der Waals surface area (Å²) in [5.41, 5.74) is 7.88. The van der Waals surface area contributed by atoms with Gasteiger partial charge in [0.1, 0.15) is 5.75 Å². The average molecular weight is 250 g/mol. The number of hydrogen-bond acceptors (Lipinski definition) is 4. The molecular formula is C14H22N2O2. The number of nitrogens with two attached hydrogens (primary N) is 1. The van der Waals surface area contributed by atoms with E-state index in [0.29, 0.717) is 0 Å². The molecule has 0 amide bonds. The van der Waals surface area contributed by atoms with Crippen LogP contribution in [0.4, 0.5) is 5.69 Å². The molecule has 1 aliphatic heterocycles. The van der Waals surface area contributed by atoms with Crippen LogP contribution in [0.1, 0.15) is 19.4 Å². The third-order valence-corrected chi connectivity index (χ3v) is 3.41. The topological polar surface area (TPSA) is 47.7 Å². The van der Waals surface area contributed by atoms with Crippen molar-refractivity contribution < 1.29 is 9.47 Å². The van der Waals surface area contributed by atoms with Crippen LogP contribution in [0.2, 0.25) is 0 Å². The van der Waals surface area contributed by atoms with E-state index in [0.717, 1.165) is 37.7 Å². The maximum atomic E-state index is 5.88. The third kappa shape index (κ3) is 2.94. The van der Waals surface area contributed by atoms with E-state index >= 15 is 0 Å². The summed E-state index contributed by atoms with van der Waals surface area (Å²) >= 11 is 0. The Morgan fingerprint density at radius 3 is 2.83 bits per heavy atom. The van der Waals surface area contributed by atoms with Crippen molar-refractivity contribution in [1.29, 1.82) is 0 Å². The number of nitrogens with zero attached hydrogens (tertiary/aromatic N) is 1. The Balaban J connectivity index is 2.15. The van der Waals surface area contributed by atoms with Crippen LogP contribution in [0.3, 0.4) is 0 Å². The lowest BCUT2D eigenvalue weighted by atomic mass is 10.0. The molecule has 1 saturated heterocycles. The predicted octanol–water partition coefficient (Wildman–Crippen LogP) is 1.89. The van der Waals surface area contributed by atoms with Crippen LogP contribution in [-0.4, -0.2) is 37.3 Å². The summed E-state index contributed by atoms with van der Waals surface area (Å²) in [6, 6.07) is 5.89. The molecule has 0 saturated carbocycles. The molecule has 2 N–H and O–H groups in total. The minimum Gasteiger partial charge on any atom is -0.497 e. The van der Waals surface area contributed by atoms with Gasteiger partial charge in [-0.1, -0.05) is 0 Å². The number of ether oxygens (including phenoxy) is 2. The zero-order valence-corrected chi connectivity index (χ0v) is 11.4. The van der Waals surface area contributed by atoms with E-state index in [4.69, 9.17) is 15.2 Å². The molecule has 0 spiro atoms. The number of nitrogen functional groups attached to an aromatic ring is 1. The molecule has 18 heavy (non-hydrogen) atoms. The van der Waals surface area contributed by atoms with Gasteiger partial charge in [-0.25, -0.2) is 0 Å². The Bertz CT molecular complexity index is 418. The largest absolute Gasteiger partial charge is 0.497 e. The maximum Gasteiger partial charge on any atom is 0.121 e. The molecule has 1 heterocycles. The van der Waals surface area contributed by atoms with Gasteiger partial charge in [0.05, 0.1) is 20.3 Å². The number of rotatable bonds is 3. The van der Waals surface area contributed by atoms with Crippen LogP contribution in [0, 0.1) is 0 Å². The van der Waals surface area contributed by atoms with Gasteiger partial charge in [0.15, 0.2) is 0 Å². The second-order valence-electron chi connectivity index (χ2n) is 5.40. The molecule has 0 bridgehead atoms. The maximum absolute atomic E-state index is 5.88. The molecule has 0 unspecified atom stereocenters. The summed E-state index contributed by atoms with van der Waals surface area (Å²) in [5.74, 6) is 0.816. The Kier molecular flexibility index (Phi) is 3.78. The molecule has 0 aromatic heterocycles. The van der Waals surface area contributed by atoms with E-state index < -0.39 is 0 Å². The quantitative estimate of drug-likeness (QED) is 0.832. The fraction of sp³-hybridized carbons (Fsp3) is 0.571. The van der Waals surface area contributed by atoms with Crippen LogP contribution < -0.4 is 10.5 Å². The molecule has 1 aromatic carbocycles. The SMILES string of the molecule is COc1cc(N)cc(CN2CCOCC2(C)C)c1. The van der Waals surface area contributed by atoms with Gasteiger partial charge in [-0.05, 0) is 31.5 Å². The highest BCUT2D eigenvalue weighted by Gasteiger charge is 2.30. The molecule has 1 fully saturated rings. The van der Waals surface area contributed by atoms with E-state index in [1.54, 1.807) is 7.11 Å². The summed E-state index contributed by atoms with van der Waals surface area (Å²) in [6.45, 7) is 7.79. The molecule has 1 aliphatic rings. The molecular weight excluding hydrogens is 228 g/mol. The first-order valence-electron chi connectivity index (χ1n) is 6.27. The smallest absolute Gasteiger partial charge is 0.121 e. The van der Waals surface area contributed by atoms with Gasteiger partial charge in [-0.2, -0.15) is 0 Å². The van der Waals surface area contributed by atoms with E-state index in [9.17, 15) is 0 Å². The van der Waals surface area contributed by atoms with Crippen molar-refractivity contribution >= 4 is 5.69 Å². The van der Waals surface area contributed by atoms with E-state index in [1.165, 1.54) is 5.56 Å². The Labute approximate surface area is 109 Å². The van der Waals surface area contributed by atoms with Crippen molar-refractivity contribution in [2.24, 2.45) is 0 Å². The summed E-state index contributed by atoms with van der Waals surface area (Å²) in [5, 5.41) is 0. The molecule has 4 nitrogen and oxygen atoms in total. The van der Waals surface area contributed by atoms with Crippen LogP contribution in [0.15, 0.2) is 18.2 Å². The Morgan fingerprint density at radius 2 is 2.17 bits per heavy atom. The molecule has 1 aromatic rings. The summed E-state index contributed by atoms with van der Waals surface area (Å²) < 4.78 is 10.8. The predicted molar refractivity (Wildman–Crippen MR) is 72.7 cm³/mol. The fourth-order valence-corrected chi connectivity index (χ4v) is 2.30. The minimum absolute atomic E-state index is 0.0656. The molecule has 0 radical (unpaired) electrons. The van der Waals surface area contributed by atoms with Crippen molar-refractivity contribution in [1.82, 2.24) is 4.90 Å². The third-order valence-electron chi connectivity index (χ3n) is 3.41. The van der Waals surface area contributed by atoms with E-state index in [2.05, 4.69) is 18.7 Å². The highest BCUT2D eigenvalue weighted by Crippen LogP contribution is 2.25. The van der Waals surface area contributed by atoms with E-state index in [-0.39, 0.29) is 5.54 Å². The highest BCUT2D eigenvalue weighted by molar-refractivity contribution is 5.47. The first-order chi connectivity index (χ1) is 8.51. The van der Waals surface area contributed by atoms with Gasteiger partial charge in [0.2, 0.25) is 0 Å². The first kappa shape index (κ1) is 13.2. The van der Waals surface area contributed by atoms with Crippen molar-refractivity contribution in [3.05, 3.63) is 23.8 Å². The molecule has 4 heteroatoms. The first-order valence-corrected chi connectivity index (χ1v) is 6.27. The van der Waals surface area contributed by atoms with E-state index in [1.807, 2.05) is 18.2 Å². The number of methoxy groups -OCH3 is 1. The van der Waals surface area contributed by atoms with Gasteiger partial charge in [0, 0.05) is 30.4 Å². The fourth-order valence-electron chi connectivity index (χ4n) is 2.30. The lowest BCUT2D eigenvalue weighted by molar-refractivity contribution is -0.0552. The highest BCUT2D eigenvalue weighted by atomic mass is 16.5. The normalized spacial score (nSPS) is 19.7. The van der Waals surface area contributed by atoms with Crippen LogP contribution in [0.5, 0.6) is 5.75 Å². The zero-order valence-electron chi connectivity index (χ0n) is 11.4. The van der Waals surface area contributed by atoms with Crippen LogP contribution >= 0.6 is 0 Å². The molecule has 0 atom stereocenters. The number of anilines is 1. The second-order valence-corrected chi connectivity index (χ2v) is 5.40. The summed E-state index contributed by atoms with van der Waals surface area (Å²) in [4.78, 5) is 2.42. The van der Waals surface area contributed by atoms with Crippen molar-refractivity contribution in [2.45, 2.75) is 25.9 Å². The van der Waals surface area contributed by atoms with Crippen molar-refractivity contribution in [3.63, 3.8) is 0 Å². The van der Waals surface area contributed by atoms with Gasteiger partial charge in [0.25, 0.3) is 0 Å².